The molecule has 1 aromatic heterocycles. The number of carbonyl (C=O) groups excluding carboxylic acids is 1. The molecule has 0 bridgehead atoms. The Balaban J connectivity index is 1.37. The predicted octanol–water partition coefficient (Wildman–Crippen LogP) is 4.96. The molecule has 0 atom stereocenters. The van der Waals surface area contributed by atoms with Crippen molar-refractivity contribution in [1.29, 1.82) is 0 Å². The first-order chi connectivity index (χ1) is 15.6. The molecular weight excluding hydrogens is 446 g/mol. The van der Waals surface area contributed by atoms with Gasteiger partial charge in [-0.25, -0.2) is 0 Å². The van der Waals surface area contributed by atoms with Gasteiger partial charge in [0.15, 0.2) is 5.11 Å². The molecule has 1 aliphatic rings. The monoisotopic (exact) mass is 467 g/mol. The number of thiocarbonyl (C=S) groups is 1. The lowest BCUT2D eigenvalue weighted by atomic mass is 10.2. The van der Waals surface area contributed by atoms with Gasteiger partial charge in [-0.2, -0.15) is 0 Å². The largest absolute Gasteiger partial charge is 0.457 e. The number of rotatable bonds is 5. The molecule has 164 valence electrons. The number of nitrogens with one attached hydrogen (secondary N) is 2. The van der Waals surface area contributed by atoms with Gasteiger partial charge in [-0.05, 0) is 42.6 Å². The van der Waals surface area contributed by atoms with Crippen LogP contribution < -0.4 is 15.5 Å². The van der Waals surface area contributed by atoms with Gasteiger partial charge >= 0.3 is 0 Å². The van der Waals surface area contributed by atoms with Gasteiger partial charge in [0, 0.05) is 24.7 Å². The topological polar surface area (TPSA) is 66.7 Å². The number of morpholine rings is 1. The summed E-state index contributed by atoms with van der Waals surface area (Å²) in [6, 6.07) is 19.0. The molecule has 2 aromatic carbocycles. The van der Waals surface area contributed by atoms with Crippen LogP contribution in [0.1, 0.15) is 5.76 Å². The number of hydrogen-bond donors (Lipinski definition) is 2. The Kier molecular flexibility index (Phi) is 7.21. The molecule has 2 heterocycles. The lowest BCUT2D eigenvalue weighted by Crippen LogP contribution is -2.38. The fourth-order valence-electron chi connectivity index (χ4n) is 3.39. The number of carbonyl (C=O) groups is 1. The van der Waals surface area contributed by atoms with Crippen LogP contribution in [0, 0.1) is 0 Å². The van der Waals surface area contributed by atoms with E-state index in [0.717, 1.165) is 35.8 Å². The minimum atomic E-state index is -0.366. The molecule has 32 heavy (non-hydrogen) atoms. The average Bonchev–Trinajstić information content (AvgIpc) is 3.28. The predicted molar refractivity (Wildman–Crippen MR) is 132 cm³/mol. The highest BCUT2D eigenvalue weighted by Gasteiger charge is 2.18. The smallest absolute Gasteiger partial charge is 0.250 e. The molecule has 1 amide bonds. The third-order valence-corrected chi connectivity index (χ3v) is 5.39. The molecule has 3 aromatic rings. The van der Waals surface area contributed by atoms with Crippen LogP contribution in [0.25, 0.3) is 17.4 Å². The number of ether oxygens (including phenoxy) is 1. The Labute approximate surface area is 196 Å². The Morgan fingerprint density at radius 2 is 1.81 bits per heavy atom. The minimum Gasteiger partial charge on any atom is -0.457 e. The second-order valence-electron chi connectivity index (χ2n) is 7.08. The van der Waals surface area contributed by atoms with Crippen molar-refractivity contribution in [2.75, 3.05) is 36.5 Å². The normalized spacial score (nSPS) is 13.8. The zero-order chi connectivity index (χ0) is 22.3. The van der Waals surface area contributed by atoms with Crippen LogP contribution in [0.2, 0.25) is 5.02 Å². The second kappa shape index (κ2) is 10.5. The molecule has 0 saturated carbocycles. The molecule has 8 heteroatoms. The van der Waals surface area contributed by atoms with Crippen LogP contribution in [0.15, 0.2) is 71.2 Å². The zero-order valence-electron chi connectivity index (χ0n) is 17.2. The van der Waals surface area contributed by atoms with E-state index in [9.17, 15) is 4.79 Å². The van der Waals surface area contributed by atoms with Crippen molar-refractivity contribution in [3.8, 4) is 11.3 Å². The SMILES string of the molecule is O=C(/C=C/c1ccc(-c2ccccc2)o1)NC(=S)Nc1cccc(Cl)c1N1CCOCC1. The maximum atomic E-state index is 12.3. The summed E-state index contributed by atoms with van der Waals surface area (Å²) in [5, 5.41) is 6.52. The highest BCUT2D eigenvalue weighted by molar-refractivity contribution is 7.80. The lowest BCUT2D eigenvalue weighted by Gasteiger charge is -2.31. The molecule has 1 aliphatic heterocycles. The van der Waals surface area contributed by atoms with E-state index in [1.807, 2.05) is 60.7 Å². The minimum absolute atomic E-state index is 0.181. The molecular formula is C24H22ClN3O3S. The van der Waals surface area contributed by atoms with Gasteiger partial charge < -0.3 is 19.4 Å². The van der Waals surface area contributed by atoms with Crippen molar-refractivity contribution in [3.05, 3.63) is 77.5 Å². The van der Waals surface area contributed by atoms with E-state index in [-0.39, 0.29) is 11.0 Å². The first kappa shape index (κ1) is 22.1. The van der Waals surface area contributed by atoms with Gasteiger partial charge in [0.05, 0.1) is 29.6 Å². The van der Waals surface area contributed by atoms with Crippen molar-refractivity contribution in [2.45, 2.75) is 0 Å². The summed E-state index contributed by atoms with van der Waals surface area (Å²) in [6.45, 7) is 2.73. The van der Waals surface area contributed by atoms with E-state index in [1.165, 1.54) is 6.08 Å². The van der Waals surface area contributed by atoms with Gasteiger partial charge in [0.25, 0.3) is 0 Å². The molecule has 4 rings (SSSR count). The summed E-state index contributed by atoms with van der Waals surface area (Å²) in [5.74, 6) is 0.942. The van der Waals surface area contributed by atoms with E-state index >= 15 is 0 Å². The first-order valence-electron chi connectivity index (χ1n) is 10.2. The van der Waals surface area contributed by atoms with Crippen molar-refractivity contribution >= 4 is 52.3 Å². The van der Waals surface area contributed by atoms with Crippen LogP contribution in [0.4, 0.5) is 11.4 Å². The Morgan fingerprint density at radius 3 is 2.59 bits per heavy atom. The molecule has 0 spiro atoms. The Morgan fingerprint density at radius 1 is 1.03 bits per heavy atom. The highest BCUT2D eigenvalue weighted by atomic mass is 35.5. The first-order valence-corrected chi connectivity index (χ1v) is 11.0. The fourth-order valence-corrected chi connectivity index (χ4v) is 3.89. The van der Waals surface area contributed by atoms with E-state index < -0.39 is 0 Å². The summed E-state index contributed by atoms with van der Waals surface area (Å²) in [7, 11) is 0. The number of benzene rings is 2. The van der Waals surface area contributed by atoms with Crippen molar-refractivity contribution < 1.29 is 13.9 Å². The summed E-state index contributed by atoms with van der Waals surface area (Å²) in [4.78, 5) is 14.5. The van der Waals surface area contributed by atoms with Crippen LogP contribution in [-0.4, -0.2) is 37.3 Å². The number of amides is 1. The number of halogens is 1. The maximum absolute atomic E-state index is 12.3. The summed E-state index contributed by atoms with van der Waals surface area (Å²) < 4.78 is 11.2. The quantitative estimate of drug-likeness (QED) is 0.408. The van der Waals surface area contributed by atoms with E-state index in [0.29, 0.717) is 24.0 Å². The average molecular weight is 468 g/mol. The van der Waals surface area contributed by atoms with E-state index in [2.05, 4.69) is 15.5 Å². The number of anilines is 2. The van der Waals surface area contributed by atoms with Crippen LogP contribution in [0.3, 0.4) is 0 Å². The highest BCUT2D eigenvalue weighted by Crippen LogP contribution is 2.34. The number of hydrogen-bond acceptors (Lipinski definition) is 5. The van der Waals surface area contributed by atoms with Crippen LogP contribution in [-0.2, 0) is 9.53 Å². The fraction of sp³-hybridized carbons (Fsp3) is 0.167. The molecule has 0 radical (unpaired) electrons. The Bertz CT molecular complexity index is 1120. The zero-order valence-corrected chi connectivity index (χ0v) is 18.8. The van der Waals surface area contributed by atoms with Crippen molar-refractivity contribution in [2.24, 2.45) is 0 Å². The lowest BCUT2D eigenvalue weighted by molar-refractivity contribution is -0.115. The summed E-state index contributed by atoms with van der Waals surface area (Å²) >= 11 is 11.8. The number of para-hydroxylation sites is 1. The third kappa shape index (κ3) is 5.56. The molecule has 6 nitrogen and oxygen atoms in total. The number of furan rings is 1. The summed E-state index contributed by atoms with van der Waals surface area (Å²) in [5.41, 5.74) is 2.54. The van der Waals surface area contributed by atoms with E-state index in [1.54, 1.807) is 6.08 Å². The van der Waals surface area contributed by atoms with Gasteiger partial charge in [-0.1, -0.05) is 48.0 Å². The molecule has 1 saturated heterocycles. The summed E-state index contributed by atoms with van der Waals surface area (Å²) in [6.07, 6.45) is 2.98. The maximum Gasteiger partial charge on any atom is 0.250 e. The van der Waals surface area contributed by atoms with Gasteiger partial charge in [0.2, 0.25) is 5.91 Å². The molecule has 2 N–H and O–H groups in total. The van der Waals surface area contributed by atoms with Crippen LogP contribution in [0.5, 0.6) is 0 Å². The second-order valence-corrected chi connectivity index (χ2v) is 7.90. The molecule has 0 aliphatic carbocycles. The van der Waals surface area contributed by atoms with E-state index in [4.69, 9.17) is 33.0 Å². The Hall–Kier alpha value is -3.13. The molecule has 0 unspecified atom stereocenters. The van der Waals surface area contributed by atoms with Crippen molar-refractivity contribution in [3.63, 3.8) is 0 Å². The van der Waals surface area contributed by atoms with Gasteiger partial charge in [-0.15, -0.1) is 0 Å². The standard InChI is InChI=1S/C24H22ClN3O3S/c25-19-7-4-8-20(23(19)28-13-15-30-16-14-28)26-24(32)27-22(29)12-10-18-9-11-21(31-18)17-5-2-1-3-6-17/h1-12H,13-16H2,(H2,26,27,29,32)/b12-10+. The van der Waals surface area contributed by atoms with Gasteiger partial charge in [0.1, 0.15) is 11.5 Å². The van der Waals surface area contributed by atoms with Gasteiger partial charge in [-0.3, -0.25) is 10.1 Å². The molecule has 1 fully saturated rings. The van der Waals surface area contributed by atoms with Crippen LogP contribution >= 0.6 is 23.8 Å². The van der Waals surface area contributed by atoms with Crippen molar-refractivity contribution in [1.82, 2.24) is 5.32 Å². The third-order valence-electron chi connectivity index (χ3n) is 4.88. The number of nitrogens with zero attached hydrogens (tertiary/aromatic N) is 1.